The van der Waals surface area contributed by atoms with Crippen LogP contribution in [0.5, 0.6) is 0 Å². The van der Waals surface area contributed by atoms with Gasteiger partial charge in [0.25, 0.3) is 5.91 Å². The van der Waals surface area contributed by atoms with Crippen molar-refractivity contribution in [2.45, 2.75) is 75.7 Å². The highest BCUT2D eigenvalue weighted by Gasteiger charge is 2.49. The molecule has 3 N–H and O–H groups in total. The smallest absolute Gasteiger partial charge is 0.414 e. The van der Waals surface area contributed by atoms with Crippen LogP contribution < -0.4 is 10.6 Å². The third kappa shape index (κ3) is 6.49. The largest absolute Gasteiger partial charge is 0.438 e. The fourth-order valence-electron chi connectivity index (χ4n) is 5.89. The first-order chi connectivity index (χ1) is 20.8. The molecule has 2 saturated carbocycles. The topological polar surface area (TPSA) is 126 Å². The molecule has 0 radical (unpaired) electrons. The molecule has 3 atom stereocenters. The van der Waals surface area contributed by atoms with Crippen LogP contribution in [0.25, 0.3) is 11.1 Å². The Morgan fingerprint density at radius 2 is 1.82 bits per heavy atom. The summed E-state index contributed by atoms with van der Waals surface area (Å²) in [5.41, 5.74) is 1.36. The molecule has 2 aliphatic carbocycles. The molecule has 3 fully saturated rings. The number of benzene rings is 1. The average Bonchev–Trinajstić information content (AvgIpc) is 3.84. The molecule has 3 aliphatic rings. The van der Waals surface area contributed by atoms with Crippen LogP contribution in [0.4, 0.5) is 31.1 Å². The van der Waals surface area contributed by atoms with Crippen molar-refractivity contribution in [3.8, 4) is 0 Å². The van der Waals surface area contributed by atoms with E-state index < -0.39 is 55.4 Å². The van der Waals surface area contributed by atoms with Gasteiger partial charge < -0.3 is 25.1 Å². The fraction of sp³-hybridized carbons (Fsp3) is 0.571. The predicted octanol–water partition coefficient (Wildman–Crippen LogP) is 4.70. The molecule has 3 heterocycles. The van der Waals surface area contributed by atoms with Crippen LogP contribution in [-0.4, -0.2) is 67.8 Å². The first-order valence-corrected chi connectivity index (χ1v) is 14.4. The van der Waals surface area contributed by atoms with Gasteiger partial charge in [-0.15, -0.1) is 0 Å². The van der Waals surface area contributed by atoms with Crippen LogP contribution in [0.15, 0.2) is 34.9 Å². The van der Waals surface area contributed by atoms with E-state index in [4.69, 9.17) is 4.42 Å². The molecule has 6 rings (SSSR count). The van der Waals surface area contributed by atoms with Crippen molar-refractivity contribution >= 4 is 23.0 Å². The second kappa shape index (κ2) is 11.3. The predicted molar refractivity (Wildman–Crippen MR) is 141 cm³/mol. The number of amides is 3. The number of oxazole rings is 1. The molecule has 16 heteroatoms. The number of hydrogen-bond acceptors (Lipinski definition) is 6. The molecular weight excluding hydrogens is 598 g/mol. The first-order valence-electron chi connectivity index (χ1n) is 14.4. The van der Waals surface area contributed by atoms with Crippen molar-refractivity contribution < 1.29 is 45.5 Å². The van der Waals surface area contributed by atoms with E-state index in [1.807, 2.05) is 5.32 Å². The monoisotopic (exact) mass is 628 g/mol. The highest BCUT2D eigenvalue weighted by molar-refractivity contribution is 5.92. The van der Waals surface area contributed by atoms with Crippen molar-refractivity contribution in [3.05, 3.63) is 47.6 Å². The summed E-state index contributed by atoms with van der Waals surface area (Å²) in [4.78, 5) is 31.3. The summed E-state index contributed by atoms with van der Waals surface area (Å²) >= 11 is 0. The molecule has 44 heavy (non-hydrogen) atoms. The second-order valence-corrected chi connectivity index (χ2v) is 11.8. The number of hydrogen-bond donors (Lipinski definition) is 3. The minimum atomic E-state index is -4.79. The van der Waals surface area contributed by atoms with Crippen molar-refractivity contribution in [3.63, 3.8) is 0 Å². The maximum Gasteiger partial charge on any atom is 0.414 e. The zero-order chi connectivity index (χ0) is 31.4. The zero-order valence-electron chi connectivity index (χ0n) is 23.2. The van der Waals surface area contributed by atoms with Crippen LogP contribution in [0, 0.1) is 17.8 Å². The number of rotatable bonds is 11. The summed E-state index contributed by atoms with van der Waals surface area (Å²) in [6.45, 7) is -0.925. The Balaban J connectivity index is 1.22. The number of aryl methyl sites for hydroxylation is 1. The van der Waals surface area contributed by atoms with Gasteiger partial charge in [-0.1, -0.05) is 6.07 Å². The van der Waals surface area contributed by atoms with E-state index in [2.05, 4.69) is 15.4 Å². The number of alkyl halides is 6. The summed E-state index contributed by atoms with van der Waals surface area (Å²) in [6, 6.07) is 2.82. The Bertz CT molecular complexity index is 1520. The van der Waals surface area contributed by atoms with E-state index in [-0.39, 0.29) is 30.6 Å². The normalized spacial score (nSPS) is 20.8. The number of urea groups is 1. The van der Waals surface area contributed by atoms with Gasteiger partial charge in [0.15, 0.2) is 11.7 Å². The van der Waals surface area contributed by atoms with E-state index in [1.54, 1.807) is 18.2 Å². The van der Waals surface area contributed by atoms with Gasteiger partial charge in [-0.3, -0.25) is 9.48 Å². The molecule has 3 amide bonds. The summed E-state index contributed by atoms with van der Waals surface area (Å²) in [6.07, 6.45) is -7.39. The SMILES string of the molecule is O=C(N[C@H](c1nc2cc(CN3C[C@@H](C(F)(F)F)NC3=O)ccc2o1)C(C1CC1)C1CC1)c1ccnn1CCC(O)C(F)(F)F. The Kier molecular flexibility index (Phi) is 7.74. The minimum Gasteiger partial charge on any atom is -0.438 e. The van der Waals surface area contributed by atoms with Gasteiger partial charge >= 0.3 is 18.4 Å². The molecule has 2 aromatic heterocycles. The summed E-state index contributed by atoms with van der Waals surface area (Å²) in [7, 11) is 0. The number of aromatic nitrogens is 3. The maximum absolute atomic E-state index is 13.5. The maximum atomic E-state index is 13.5. The number of aliphatic hydroxyl groups is 1. The van der Waals surface area contributed by atoms with E-state index in [0.717, 1.165) is 35.3 Å². The lowest BCUT2D eigenvalue weighted by molar-refractivity contribution is -0.206. The molecule has 1 aliphatic heterocycles. The number of carbonyl (C=O) groups excluding carboxylic acids is 2. The van der Waals surface area contributed by atoms with Crippen LogP contribution >= 0.6 is 0 Å². The second-order valence-electron chi connectivity index (χ2n) is 11.8. The van der Waals surface area contributed by atoms with Crippen molar-refractivity contribution in [1.82, 2.24) is 30.3 Å². The number of aliphatic hydroxyl groups excluding tert-OH is 1. The van der Waals surface area contributed by atoms with Crippen LogP contribution in [-0.2, 0) is 13.1 Å². The summed E-state index contributed by atoms with van der Waals surface area (Å²) in [5, 5.41) is 18.3. The van der Waals surface area contributed by atoms with Gasteiger partial charge in [-0.05, 0) is 67.2 Å². The van der Waals surface area contributed by atoms with Gasteiger partial charge in [0.2, 0.25) is 5.89 Å². The lowest BCUT2D eigenvalue weighted by Gasteiger charge is -2.26. The Morgan fingerprint density at radius 1 is 1.11 bits per heavy atom. The number of halogens is 6. The lowest BCUT2D eigenvalue weighted by Crippen LogP contribution is -2.40. The molecule has 10 nitrogen and oxygen atoms in total. The van der Waals surface area contributed by atoms with Crippen molar-refractivity contribution in [2.75, 3.05) is 6.54 Å². The summed E-state index contributed by atoms with van der Waals surface area (Å²) < 4.78 is 84.9. The van der Waals surface area contributed by atoms with Gasteiger partial charge in [0.1, 0.15) is 23.3 Å². The number of nitrogens with zero attached hydrogens (tertiary/aromatic N) is 4. The summed E-state index contributed by atoms with van der Waals surface area (Å²) in [5.74, 6) is 0.342. The highest BCUT2D eigenvalue weighted by atomic mass is 19.4. The van der Waals surface area contributed by atoms with Crippen molar-refractivity contribution in [2.24, 2.45) is 17.8 Å². The zero-order valence-corrected chi connectivity index (χ0v) is 23.2. The standard InChI is InChI=1S/C28H30F6N6O4/c29-27(30,31)20-13-39(26(43)37-20)12-14-1-6-19-17(11-14)36-25(44-19)23(22(15-2-3-15)16-4-5-16)38-24(42)18-7-9-35-40(18)10-8-21(41)28(32,33)34/h1,6-7,9,11,15-16,20-23,41H,2-5,8,10,12-13H2,(H,37,43)(H,38,42)/t20-,21?,23-/m0/s1. The van der Waals surface area contributed by atoms with Crippen molar-refractivity contribution in [1.29, 1.82) is 0 Å². The molecule has 0 spiro atoms. The molecular formula is C28H30F6N6O4. The fourth-order valence-corrected chi connectivity index (χ4v) is 5.89. The van der Waals surface area contributed by atoms with Gasteiger partial charge in [-0.2, -0.15) is 31.4 Å². The number of fused-ring (bicyclic) bond motifs is 1. The molecule has 3 aromatic rings. The first kappa shape index (κ1) is 30.2. The Hall–Kier alpha value is -3.82. The van der Waals surface area contributed by atoms with E-state index in [9.17, 15) is 41.0 Å². The third-order valence-electron chi connectivity index (χ3n) is 8.44. The Morgan fingerprint density at radius 3 is 2.43 bits per heavy atom. The highest BCUT2D eigenvalue weighted by Crippen LogP contribution is 2.54. The van der Waals surface area contributed by atoms with E-state index in [0.29, 0.717) is 28.5 Å². The van der Waals surface area contributed by atoms with Crippen LogP contribution in [0.1, 0.15) is 60.1 Å². The van der Waals surface area contributed by atoms with E-state index in [1.165, 1.54) is 12.3 Å². The molecule has 238 valence electrons. The molecule has 1 aromatic carbocycles. The minimum absolute atomic E-state index is 0.0162. The third-order valence-corrected chi connectivity index (χ3v) is 8.44. The quantitative estimate of drug-likeness (QED) is 0.265. The number of carbonyl (C=O) groups is 2. The van der Waals surface area contributed by atoms with Gasteiger partial charge in [0, 0.05) is 25.7 Å². The Labute approximate surface area is 246 Å². The van der Waals surface area contributed by atoms with Gasteiger partial charge in [-0.25, -0.2) is 9.78 Å². The van der Waals surface area contributed by atoms with Gasteiger partial charge in [0.05, 0.1) is 6.54 Å². The lowest BCUT2D eigenvalue weighted by atomic mass is 9.89. The van der Waals surface area contributed by atoms with Crippen LogP contribution in [0.2, 0.25) is 0 Å². The van der Waals surface area contributed by atoms with Crippen LogP contribution in [0.3, 0.4) is 0 Å². The number of nitrogens with one attached hydrogen (secondary N) is 2. The molecule has 0 bridgehead atoms. The molecule has 1 saturated heterocycles. The van der Waals surface area contributed by atoms with E-state index >= 15 is 0 Å². The average molecular weight is 629 g/mol. The molecule has 1 unspecified atom stereocenters.